The Morgan fingerprint density at radius 1 is 1.08 bits per heavy atom. The number of hydrogen-bond donors (Lipinski definition) is 0. The highest BCUT2D eigenvalue weighted by atomic mass is 14.0. The van der Waals surface area contributed by atoms with E-state index in [-0.39, 0.29) is 0 Å². The minimum atomic E-state index is 1.16. The van der Waals surface area contributed by atoms with Gasteiger partial charge in [-0.3, -0.25) is 0 Å². The smallest absolute Gasteiger partial charge is 0.0308 e. The highest BCUT2D eigenvalue weighted by molar-refractivity contribution is 5.23. The quantitative estimate of drug-likeness (QED) is 0.535. The van der Waals surface area contributed by atoms with E-state index in [9.17, 15) is 0 Å². The van der Waals surface area contributed by atoms with E-state index in [0.29, 0.717) is 0 Å². The van der Waals surface area contributed by atoms with Crippen molar-refractivity contribution in [2.75, 3.05) is 0 Å². The number of rotatable bonds is 3. The normalized spacial score (nSPS) is 12.2. The Hall–Kier alpha value is -0.520. The van der Waals surface area contributed by atoms with Gasteiger partial charge in [-0.05, 0) is 32.3 Å². The average Bonchev–Trinajstić information content (AvgIpc) is 2.16. The maximum Gasteiger partial charge on any atom is -0.0308 e. The third kappa shape index (κ3) is 6.21. The molecule has 0 unspecified atom stereocenters. The summed E-state index contributed by atoms with van der Waals surface area (Å²) in [6.07, 6.45) is 6.65. The van der Waals surface area contributed by atoms with Crippen molar-refractivity contribution >= 4 is 0 Å². The molecule has 72 valence electrons. The van der Waals surface area contributed by atoms with E-state index < -0.39 is 0 Å². The van der Waals surface area contributed by atoms with Crippen LogP contribution in [0, 0.1) is 0 Å². The van der Waals surface area contributed by atoms with Crippen LogP contribution in [-0.4, -0.2) is 0 Å². The minimum Gasteiger partial charge on any atom is -0.0874 e. The molecule has 0 N–H and O–H groups in total. The van der Waals surface area contributed by atoms with Gasteiger partial charge in [0.05, 0.1) is 0 Å². The SMILES string of the molecule is C/C=C\C(CC)=C(\C)CC.CC. The van der Waals surface area contributed by atoms with Crippen LogP contribution in [0.5, 0.6) is 0 Å². The maximum absolute atomic E-state index is 2.21. The van der Waals surface area contributed by atoms with Crippen molar-refractivity contribution < 1.29 is 0 Å². The molecule has 0 saturated carbocycles. The summed E-state index contributed by atoms with van der Waals surface area (Å²) in [5.74, 6) is 0. The summed E-state index contributed by atoms with van der Waals surface area (Å²) in [6, 6.07) is 0. The standard InChI is InChI=1S/C10H18.C2H6/c1-5-8-10(7-3)9(4)6-2;1-2/h5,8H,6-7H2,1-4H3;1-2H3/b8-5-,10-9-;. The van der Waals surface area contributed by atoms with Crippen molar-refractivity contribution in [2.24, 2.45) is 0 Å². The molecule has 0 saturated heterocycles. The molecule has 0 spiro atoms. The fraction of sp³-hybridized carbons (Fsp3) is 0.667. The molecular weight excluding hydrogens is 144 g/mol. The monoisotopic (exact) mass is 168 g/mol. The number of allylic oxidation sites excluding steroid dienone is 4. The molecule has 12 heavy (non-hydrogen) atoms. The number of hydrogen-bond acceptors (Lipinski definition) is 0. The second-order valence-corrected chi connectivity index (χ2v) is 2.51. The third-order valence-electron chi connectivity index (χ3n) is 1.83. The first-order chi connectivity index (χ1) is 5.76. The molecule has 0 radical (unpaired) electrons. The first-order valence-electron chi connectivity index (χ1n) is 5.07. The largest absolute Gasteiger partial charge is 0.0874 e. The van der Waals surface area contributed by atoms with Crippen molar-refractivity contribution in [3.63, 3.8) is 0 Å². The van der Waals surface area contributed by atoms with Crippen molar-refractivity contribution in [2.45, 2.75) is 54.4 Å². The van der Waals surface area contributed by atoms with Crippen LogP contribution in [0.25, 0.3) is 0 Å². The van der Waals surface area contributed by atoms with Gasteiger partial charge < -0.3 is 0 Å². The molecule has 0 aliphatic heterocycles. The van der Waals surface area contributed by atoms with Crippen LogP contribution in [0.2, 0.25) is 0 Å². The molecule has 0 heterocycles. The summed E-state index contributed by atoms with van der Waals surface area (Å²) in [7, 11) is 0. The van der Waals surface area contributed by atoms with Crippen LogP contribution in [0.4, 0.5) is 0 Å². The van der Waals surface area contributed by atoms with E-state index in [1.807, 2.05) is 13.8 Å². The fourth-order valence-corrected chi connectivity index (χ4v) is 0.990. The molecule has 0 amide bonds. The van der Waals surface area contributed by atoms with E-state index in [1.165, 1.54) is 17.6 Å². The van der Waals surface area contributed by atoms with Gasteiger partial charge in [-0.2, -0.15) is 0 Å². The highest BCUT2D eigenvalue weighted by Gasteiger charge is 1.91. The van der Waals surface area contributed by atoms with Crippen LogP contribution in [0.1, 0.15) is 54.4 Å². The molecule has 0 heteroatoms. The van der Waals surface area contributed by atoms with Gasteiger partial charge in [0, 0.05) is 0 Å². The summed E-state index contributed by atoms with van der Waals surface area (Å²) >= 11 is 0. The molecule has 0 nitrogen and oxygen atoms in total. The Bertz CT molecular complexity index is 138. The molecule has 0 aliphatic carbocycles. The zero-order valence-electron chi connectivity index (χ0n) is 9.57. The molecule has 0 aromatic rings. The Labute approximate surface area is 78.4 Å². The molecule has 0 bridgehead atoms. The van der Waals surface area contributed by atoms with Crippen molar-refractivity contribution in [1.29, 1.82) is 0 Å². The van der Waals surface area contributed by atoms with Crippen LogP contribution in [0.15, 0.2) is 23.3 Å². The fourth-order valence-electron chi connectivity index (χ4n) is 0.990. The molecule has 0 atom stereocenters. The first-order valence-corrected chi connectivity index (χ1v) is 5.07. The second kappa shape index (κ2) is 10.5. The van der Waals surface area contributed by atoms with Crippen LogP contribution in [0.3, 0.4) is 0 Å². The lowest BCUT2D eigenvalue weighted by atomic mass is 10.1. The van der Waals surface area contributed by atoms with Crippen molar-refractivity contribution in [1.82, 2.24) is 0 Å². The zero-order valence-corrected chi connectivity index (χ0v) is 9.57. The topological polar surface area (TPSA) is 0 Å². The average molecular weight is 168 g/mol. The van der Waals surface area contributed by atoms with E-state index in [1.54, 1.807) is 0 Å². The Balaban J connectivity index is 0. The van der Waals surface area contributed by atoms with Crippen molar-refractivity contribution in [3.8, 4) is 0 Å². The van der Waals surface area contributed by atoms with Crippen LogP contribution in [-0.2, 0) is 0 Å². The summed E-state index contributed by atoms with van der Waals surface area (Å²) in [5, 5.41) is 0. The van der Waals surface area contributed by atoms with Gasteiger partial charge in [-0.25, -0.2) is 0 Å². The molecule has 0 aliphatic rings. The van der Waals surface area contributed by atoms with E-state index in [0.717, 1.165) is 6.42 Å². The predicted molar refractivity (Wildman–Crippen MR) is 59.4 cm³/mol. The zero-order chi connectivity index (χ0) is 9.98. The lowest BCUT2D eigenvalue weighted by Crippen LogP contribution is -1.81. The lowest BCUT2D eigenvalue weighted by Gasteiger charge is -2.01. The first kappa shape index (κ1) is 14.0. The molecular formula is C12H24. The lowest BCUT2D eigenvalue weighted by molar-refractivity contribution is 1.01. The third-order valence-corrected chi connectivity index (χ3v) is 1.83. The summed E-state index contributed by atoms with van der Waals surface area (Å²) in [5.41, 5.74) is 3.01. The summed E-state index contributed by atoms with van der Waals surface area (Å²) in [6.45, 7) is 12.7. The maximum atomic E-state index is 2.21. The van der Waals surface area contributed by atoms with Crippen molar-refractivity contribution in [3.05, 3.63) is 23.3 Å². The summed E-state index contributed by atoms with van der Waals surface area (Å²) < 4.78 is 0. The van der Waals surface area contributed by atoms with Gasteiger partial charge in [0.25, 0.3) is 0 Å². The molecule has 0 rings (SSSR count). The molecule has 0 aromatic heterocycles. The van der Waals surface area contributed by atoms with E-state index >= 15 is 0 Å². The highest BCUT2D eigenvalue weighted by Crippen LogP contribution is 2.12. The van der Waals surface area contributed by atoms with Gasteiger partial charge in [-0.1, -0.05) is 45.4 Å². The van der Waals surface area contributed by atoms with Crippen LogP contribution < -0.4 is 0 Å². The molecule has 0 aromatic carbocycles. The second-order valence-electron chi connectivity index (χ2n) is 2.51. The van der Waals surface area contributed by atoms with E-state index in [4.69, 9.17) is 0 Å². The van der Waals surface area contributed by atoms with Gasteiger partial charge in [0.2, 0.25) is 0 Å². The van der Waals surface area contributed by atoms with Gasteiger partial charge >= 0.3 is 0 Å². The Morgan fingerprint density at radius 2 is 1.58 bits per heavy atom. The predicted octanol–water partition coefficient (Wildman–Crippen LogP) is 4.73. The Kier molecular flexibility index (Phi) is 12.3. The van der Waals surface area contributed by atoms with Gasteiger partial charge in [0.1, 0.15) is 0 Å². The molecule has 0 fully saturated rings. The van der Waals surface area contributed by atoms with Gasteiger partial charge in [0.15, 0.2) is 0 Å². The van der Waals surface area contributed by atoms with Gasteiger partial charge in [-0.15, -0.1) is 0 Å². The van der Waals surface area contributed by atoms with E-state index in [2.05, 4.69) is 39.8 Å². The Morgan fingerprint density at radius 3 is 1.83 bits per heavy atom. The minimum absolute atomic E-state index is 1.16. The summed E-state index contributed by atoms with van der Waals surface area (Å²) in [4.78, 5) is 0. The van der Waals surface area contributed by atoms with Crippen LogP contribution >= 0.6 is 0 Å².